The van der Waals surface area contributed by atoms with Crippen molar-refractivity contribution in [1.82, 2.24) is 10.3 Å². The fourth-order valence-corrected chi connectivity index (χ4v) is 3.10. The van der Waals surface area contributed by atoms with Crippen molar-refractivity contribution in [2.75, 3.05) is 0 Å². The van der Waals surface area contributed by atoms with Gasteiger partial charge in [-0.25, -0.2) is 4.98 Å². The minimum Gasteiger partial charge on any atom is -0.461 e. The molecule has 2 heterocycles. The molecule has 0 spiro atoms. The third-order valence-electron chi connectivity index (χ3n) is 3.57. The predicted molar refractivity (Wildman–Crippen MR) is 82.9 cm³/mol. The molecule has 20 heavy (non-hydrogen) atoms. The van der Waals surface area contributed by atoms with E-state index in [-0.39, 0.29) is 5.54 Å². The van der Waals surface area contributed by atoms with Crippen LogP contribution in [0.3, 0.4) is 0 Å². The van der Waals surface area contributed by atoms with Crippen LogP contribution in [0.15, 0.2) is 40.3 Å². The van der Waals surface area contributed by atoms with E-state index in [0.29, 0.717) is 0 Å². The fraction of sp³-hybridized carbons (Fsp3) is 0.312. The molecule has 3 nitrogen and oxygen atoms in total. The molecule has 3 aromatic rings. The van der Waals surface area contributed by atoms with Gasteiger partial charge in [0.1, 0.15) is 16.4 Å². The van der Waals surface area contributed by atoms with E-state index in [0.717, 1.165) is 22.9 Å². The second-order valence-corrected chi connectivity index (χ2v) is 6.34. The molecule has 0 aliphatic carbocycles. The van der Waals surface area contributed by atoms with E-state index in [2.05, 4.69) is 30.2 Å². The molecule has 0 saturated heterocycles. The van der Waals surface area contributed by atoms with Gasteiger partial charge in [-0.3, -0.25) is 0 Å². The summed E-state index contributed by atoms with van der Waals surface area (Å²) in [7, 11) is 0. The molecule has 0 radical (unpaired) electrons. The first-order valence-corrected chi connectivity index (χ1v) is 7.58. The highest BCUT2D eigenvalue weighted by Crippen LogP contribution is 2.27. The topological polar surface area (TPSA) is 38.1 Å². The van der Waals surface area contributed by atoms with Crippen LogP contribution in [0.5, 0.6) is 0 Å². The van der Waals surface area contributed by atoms with Gasteiger partial charge in [0.05, 0.1) is 5.54 Å². The molecule has 104 valence electrons. The molecule has 0 amide bonds. The molecule has 4 heteroatoms. The molecule has 0 unspecified atom stereocenters. The Hall–Kier alpha value is -1.65. The minimum absolute atomic E-state index is 0.140. The highest BCUT2D eigenvalue weighted by atomic mass is 32.1. The Morgan fingerprint density at radius 2 is 2.10 bits per heavy atom. The average Bonchev–Trinajstić information content (AvgIpc) is 3.04. The highest BCUT2D eigenvalue weighted by Gasteiger charge is 2.23. The zero-order chi connectivity index (χ0) is 14.2. The zero-order valence-electron chi connectivity index (χ0n) is 11.9. The van der Waals surface area contributed by atoms with Gasteiger partial charge in [-0.05, 0) is 26.8 Å². The Morgan fingerprint density at radius 1 is 1.30 bits per heavy atom. The van der Waals surface area contributed by atoms with Crippen molar-refractivity contribution in [2.45, 2.75) is 32.9 Å². The second-order valence-electron chi connectivity index (χ2n) is 5.45. The number of furan rings is 1. The van der Waals surface area contributed by atoms with E-state index in [4.69, 9.17) is 4.42 Å². The van der Waals surface area contributed by atoms with Crippen LogP contribution in [-0.2, 0) is 12.1 Å². The first-order valence-electron chi connectivity index (χ1n) is 6.70. The van der Waals surface area contributed by atoms with Gasteiger partial charge in [-0.1, -0.05) is 18.2 Å². The highest BCUT2D eigenvalue weighted by molar-refractivity contribution is 7.09. The first kappa shape index (κ1) is 13.3. The zero-order valence-corrected chi connectivity index (χ0v) is 12.8. The van der Waals surface area contributed by atoms with Gasteiger partial charge in [-0.2, -0.15) is 0 Å². The number of hydrogen-bond acceptors (Lipinski definition) is 4. The van der Waals surface area contributed by atoms with Gasteiger partial charge in [-0.15, -0.1) is 11.3 Å². The molecule has 0 saturated carbocycles. The molecule has 1 aromatic carbocycles. The maximum atomic E-state index is 5.80. The number of aromatic nitrogens is 1. The lowest BCUT2D eigenvalue weighted by atomic mass is 10.1. The largest absolute Gasteiger partial charge is 0.461 e. The van der Waals surface area contributed by atoms with Gasteiger partial charge in [0.25, 0.3) is 0 Å². The van der Waals surface area contributed by atoms with Gasteiger partial charge < -0.3 is 9.73 Å². The monoisotopic (exact) mass is 286 g/mol. The summed E-state index contributed by atoms with van der Waals surface area (Å²) in [6.07, 6.45) is 1.85. The molecule has 0 aliphatic rings. The lowest BCUT2D eigenvalue weighted by Gasteiger charge is -2.23. The number of fused-ring (bicyclic) bond motifs is 1. The van der Waals surface area contributed by atoms with Crippen molar-refractivity contribution in [3.05, 3.63) is 52.2 Å². The fourth-order valence-electron chi connectivity index (χ4n) is 2.36. The van der Waals surface area contributed by atoms with E-state index in [1.165, 1.54) is 10.9 Å². The summed E-state index contributed by atoms with van der Waals surface area (Å²) < 4.78 is 5.80. The summed E-state index contributed by atoms with van der Waals surface area (Å²) >= 11 is 1.68. The number of rotatable bonds is 4. The molecule has 0 atom stereocenters. The quantitative estimate of drug-likeness (QED) is 0.780. The van der Waals surface area contributed by atoms with E-state index < -0.39 is 0 Å². The number of nitrogens with one attached hydrogen (secondary N) is 1. The number of thiazole rings is 1. The lowest BCUT2D eigenvalue weighted by molar-refractivity contribution is 0.397. The van der Waals surface area contributed by atoms with Gasteiger partial charge in [0, 0.05) is 29.1 Å². The van der Waals surface area contributed by atoms with Crippen molar-refractivity contribution in [3.63, 3.8) is 0 Å². The maximum Gasteiger partial charge on any atom is 0.134 e. The van der Waals surface area contributed by atoms with Crippen molar-refractivity contribution in [2.24, 2.45) is 0 Å². The third-order valence-corrected chi connectivity index (χ3v) is 4.67. The smallest absolute Gasteiger partial charge is 0.134 e. The summed E-state index contributed by atoms with van der Waals surface area (Å²) in [6.45, 7) is 7.11. The SMILES string of the molecule is Cc1oc2ccccc2c1CNC(C)(C)c1nccs1. The molecule has 2 aromatic heterocycles. The van der Waals surface area contributed by atoms with Gasteiger partial charge in [0.2, 0.25) is 0 Å². The van der Waals surface area contributed by atoms with E-state index in [1.54, 1.807) is 11.3 Å². The Morgan fingerprint density at radius 3 is 2.85 bits per heavy atom. The first-order chi connectivity index (χ1) is 9.58. The van der Waals surface area contributed by atoms with Crippen LogP contribution in [0.25, 0.3) is 11.0 Å². The van der Waals surface area contributed by atoms with Crippen LogP contribution in [0.1, 0.15) is 30.2 Å². The molecule has 0 aliphatic heterocycles. The number of hydrogen-bond donors (Lipinski definition) is 1. The summed E-state index contributed by atoms with van der Waals surface area (Å²) in [5, 5.41) is 7.88. The van der Waals surface area contributed by atoms with Crippen LogP contribution in [0.2, 0.25) is 0 Å². The van der Waals surface area contributed by atoms with Gasteiger partial charge >= 0.3 is 0 Å². The van der Waals surface area contributed by atoms with Crippen molar-refractivity contribution >= 4 is 22.3 Å². The van der Waals surface area contributed by atoms with E-state index >= 15 is 0 Å². The number of aryl methyl sites for hydroxylation is 1. The number of benzene rings is 1. The normalized spacial score (nSPS) is 12.2. The standard InChI is InChI=1S/C16H18N2OS/c1-11-13(12-6-4-5-7-14(12)19-11)10-18-16(2,3)15-17-8-9-20-15/h4-9,18H,10H2,1-3H3. The third kappa shape index (κ3) is 2.37. The molecule has 0 fully saturated rings. The van der Waals surface area contributed by atoms with E-state index in [9.17, 15) is 0 Å². The summed E-state index contributed by atoms with van der Waals surface area (Å²) in [4.78, 5) is 4.41. The Bertz CT molecular complexity index is 713. The molecular formula is C16H18N2OS. The molecule has 3 rings (SSSR count). The molecule has 0 bridgehead atoms. The Labute approximate surface area is 122 Å². The Balaban J connectivity index is 1.85. The summed E-state index contributed by atoms with van der Waals surface area (Å²) in [5.74, 6) is 0.980. The maximum absolute atomic E-state index is 5.80. The molecular weight excluding hydrogens is 268 g/mol. The van der Waals surface area contributed by atoms with Crippen molar-refractivity contribution < 1.29 is 4.42 Å². The predicted octanol–water partition coefficient (Wildman–Crippen LogP) is 4.22. The van der Waals surface area contributed by atoms with Crippen LogP contribution in [0.4, 0.5) is 0 Å². The van der Waals surface area contributed by atoms with Crippen LogP contribution in [0, 0.1) is 6.92 Å². The average molecular weight is 286 g/mol. The minimum atomic E-state index is -0.140. The number of nitrogens with zero attached hydrogens (tertiary/aromatic N) is 1. The van der Waals surface area contributed by atoms with Crippen molar-refractivity contribution in [3.8, 4) is 0 Å². The summed E-state index contributed by atoms with van der Waals surface area (Å²) in [5.41, 5.74) is 2.04. The Kier molecular flexibility index (Phi) is 3.36. The number of para-hydroxylation sites is 1. The van der Waals surface area contributed by atoms with Crippen LogP contribution < -0.4 is 5.32 Å². The second kappa shape index (κ2) is 5.04. The van der Waals surface area contributed by atoms with Crippen LogP contribution >= 0.6 is 11.3 Å². The summed E-state index contributed by atoms with van der Waals surface area (Å²) in [6, 6.07) is 8.17. The van der Waals surface area contributed by atoms with Crippen LogP contribution in [-0.4, -0.2) is 4.98 Å². The van der Waals surface area contributed by atoms with E-state index in [1.807, 2.05) is 36.7 Å². The molecule has 1 N–H and O–H groups in total. The van der Waals surface area contributed by atoms with Gasteiger partial charge in [0.15, 0.2) is 0 Å². The van der Waals surface area contributed by atoms with Crippen molar-refractivity contribution in [1.29, 1.82) is 0 Å². The lowest BCUT2D eigenvalue weighted by Crippen LogP contribution is -2.35.